The van der Waals surface area contributed by atoms with Gasteiger partial charge in [-0.05, 0) is 70.3 Å². The average molecular weight is 615 g/mol. The fourth-order valence-electron chi connectivity index (χ4n) is 6.75. The van der Waals surface area contributed by atoms with E-state index in [1.165, 1.54) is 16.7 Å². The molecule has 0 atom stereocenters. The van der Waals surface area contributed by atoms with Gasteiger partial charge in [-0.3, -0.25) is 0 Å². The molecule has 3 nitrogen and oxygen atoms in total. The summed E-state index contributed by atoms with van der Waals surface area (Å²) in [6, 6.07) is 64.1. The molecule has 48 heavy (non-hydrogen) atoms. The van der Waals surface area contributed by atoms with Crippen molar-refractivity contribution in [3.05, 3.63) is 182 Å². The van der Waals surface area contributed by atoms with E-state index in [9.17, 15) is 0 Å². The van der Waals surface area contributed by atoms with Crippen molar-refractivity contribution >= 4 is 50.0 Å². The van der Waals surface area contributed by atoms with Crippen LogP contribution in [0, 0.1) is 0 Å². The third kappa shape index (κ3) is 4.90. The highest BCUT2D eigenvalue weighted by Gasteiger charge is 2.22. The number of rotatable bonds is 6. The van der Waals surface area contributed by atoms with E-state index in [1.54, 1.807) is 0 Å². The van der Waals surface area contributed by atoms with Gasteiger partial charge in [-0.15, -0.1) is 0 Å². The molecular formula is C45H30N2O. The predicted octanol–water partition coefficient (Wildman–Crippen LogP) is 12.6. The molecule has 0 aliphatic carbocycles. The summed E-state index contributed by atoms with van der Waals surface area (Å²) in [7, 11) is 0. The van der Waals surface area contributed by atoms with E-state index in [2.05, 4.69) is 169 Å². The maximum absolute atomic E-state index is 6.42. The Bertz CT molecular complexity index is 2540. The molecule has 2 heterocycles. The van der Waals surface area contributed by atoms with Gasteiger partial charge in [0.2, 0.25) is 5.71 Å². The first kappa shape index (κ1) is 27.8. The first-order valence-corrected chi connectivity index (χ1v) is 16.2. The maximum Gasteiger partial charge on any atom is 0.227 e. The van der Waals surface area contributed by atoms with Crippen molar-refractivity contribution in [2.45, 2.75) is 0 Å². The van der Waals surface area contributed by atoms with Gasteiger partial charge in [-0.2, -0.15) is 0 Å². The van der Waals surface area contributed by atoms with Crippen molar-refractivity contribution in [1.29, 1.82) is 0 Å². The summed E-state index contributed by atoms with van der Waals surface area (Å²) < 4.78 is 6.42. The Morgan fingerprint density at radius 1 is 0.438 bits per heavy atom. The van der Waals surface area contributed by atoms with E-state index in [-0.39, 0.29) is 0 Å². The van der Waals surface area contributed by atoms with Crippen LogP contribution in [0.3, 0.4) is 0 Å². The molecule has 0 amide bonds. The lowest BCUT2D eigenvalue weighted by molar-refractivity contribution is 0.656. The fourth-order valence-corrected chi connectivity index (χ4v) is 6.75. The zero-order valence-corrected chi connectivity index (χ0v) is 26.1. The second-order valence-corrected chi connectivity index (χ2v) is 12.0. The van der Waals surface area contributed by atoms with Crippen LogP contribution in [0.15, 0.2) is 186 Å². The number of hydrogen-bond acceptors (Lipinski definition) is 3. The van der Waals surface area contributed by atoms with Gasteiger partial charge in [0.1, 0.15) is 5.58 Å². The third-order valence-corrected chi connectivity index (χ3v) is 9.09. The van der Waals surface area contributed by atoms with Crippen LogP contribution < -0.4 is 4.90 Å². The van der Waals surface area contributed by atoms with Gasteiger partial charge in [-0.25, -0.2) is 4.98 Å². The average Bonchev–Trinajstić information content (AvgIpc) is 3.53. The quantitative estimate of drug-likeness (QED) is 0.187. The molecule has 0 aliphatic heterocycles. The van der Waals surface area contributed by atoms with E-state index >= 15 is 0 Å². The first-order chi connectivity index (χ1) is 23.8. The van der Waals surface area contributed by atoms with Gasteiger partial charge in [0.15, 0.2) is 0 Å². The lowest BCUT2D eigenvalue weighted by Gasteiger charge is -2.28. The highest BCUT2D eigenvalue weighted by atomic mass is 16.3. The smallest absolute Gasteiger partial charge is 0.227 e. The molecule has 7 aromatic carbocycles. The standard InChI is InChI=1S/C45H30N2O/c1-3-12-31(13-4-1)32-22-24-33(25-23-32)34-26-28-37(29-27-34)47(41-19-10-8-17-38(41)35-14-5-2-6-15-35)42-20-11-21-43-44(42)39-30-36-16-7-9-18-40(36)46-45(39)48-43/h1-30H. The van der Waals surface area contributed by atoms with Crippen LogP contribution in [-0.4, -0.2) is 4.98 Å². The Morgan fingerprint density at radius 2 is 1.00 bits per heavy atom. The summed E-state index contributed by atoms with van der Waals surface area (Å²) in [6.45, 7) is 0. The van der Waals surface area contributed by atoms with Crippen molar-refractivity contribution in [2.75, 3.05) is 4.90 Å². The summed E-state index contributed by atoms with van der Waals surface area (Å²) in [5, 5.41) is 3.12. The molecule has 2 aromatic heterocycles. The van der Waals surface area contributed by atoms with E-state index in [4.69, 9.17) is 9.40 Å². The van der Waals surface area contributed by atoms with Crippen LogP contribution in [0.25, 0.3) is 66.4 Å². The van der Waals surface area contributed by atoms with Crippen LogP contribution in [0.1, 0.15) is 0 Å². The molecule has 0 saturated carbocycles. The molecule has 226 valence electrons. The number of pyridine rings is 1. The summed E-state index contributed by atoms with van der Waals surface area (Å²) in [4.78, 5) is 7.27. The Balaban J connectivity index is 1.22. The minimum atomic E-state index is 0.641. The molecular weight excluding hydrogens is 585 g/mol. The highest BCUT2D eigenvalue weighted by Crippen LogP contribution is 2.46. The van der Waals surface area contributed by atoms with E-state index in [1.807, 2.05) is 18.2 Å². The largest absolute Gasteiger partial charge is 0.438 e. The second kappa shape index (κ2) is 11.7. The zero-order chi connectivity index (χ0) is 31.9. The van der Waals surface area contributed by atoms with E-state index in [0.29, 0.717) is 5.71 Å². The number of para-hydroxylation sites is 2. The van der Waals surface area contributed by atoms with Gasteiger partial charge < -0.3 is 9.32 Å². The highest BCUT2D eigenvalue weighted by molar-refractivity contribution is 6.15. The Labute approximate surface area is 279 Å². The number of furan rings is 1. The van der Waals surface area contributed by atoms with E-state index in [0.717, 1.165) is 61.0 Å². The lowest BCUT2D eigenvalue weighted by atomic mass is 9.99. The number of fused-ring (bicyclic) bond motifs is 4. The van der Waals surface area contributed by atoms with Crippen LogP contribution in [0.4, 0.5) is 17.1 Å². The Kier molecular flexibility index (Phi) is 6.80. The summed E-state index contributed by atoms with van der Waals surface area (Å²) >= 11 is 0. The molecule has 0 unspecified atom stereocenters. The molecule has 0 spiro atoms. The number of benzene rings is 7. The second-order valence-electron chi connectivity index (χ2n) is 12.0. The minimum absolute atomic E-state index is 0.641. The van der Waals surface area contributed by atoms with Crippen LogP contribution in [0.5, 0.6) is 0 Å². The van der Waals surface area contributed by atoms with Gasteiger partial charge in [0.05, 0.1) is 27.7 Å². The van der Waals surface area contributed by atoms with Crippen molar-refractivity contribution in [3.63, 3.8) is 0 Å². The minimum Gasteiger partial charge on any atom is -0.438 e. The van der Waals surface area contributed by atoms with Crippen LogP contribution >= 0.6 is 0 Å². The number of anilines is 3. The normalized spacial score (nSPS) is 11.3. The number of nitrogens with zero attached hydrogens (tertiary/aromatic N) is 2. The van der Waals surface area contributed by atoms with Crippen molar-refractivity contribution in [2.24, 2.45) is 0 Å². The summed E-state index contributed by atoms with van der Waals surface area (Å²) in [6.07, 6.45) is 0. The Morgan fingerprint density at radius 3 is 1.73 bits per heavy atom. The first-order valence-electron chi connectivity index (χ1n) is 16.2. The topological polar surface area (TPSA) is 29.3 Å². The number of aromatic nitrogens is 1. The molecule has 0 fully saturated rings. The van der Waals surface area contributed by atoms with Crippen LogP contribution in [0.2, 0.25) is 0 Å². The van der Waals surface area contributed by atoms with Gasteiger partial charge in [-0.1, -0.05) is 140 Å². The van der Waals surface area contributed by atoms with Gasteiger partial charge in [0, 0.05) is 16.6 Å². The number of hydrogen-bond donors (Lipinski definition) is 0. The monoisotopic (exact) mass is 614 g/mol. The fraction of sp³-hybridized carbons (Fsp3) is 0. The van der Waals surface area contributed by atoms with Crippen LogP contribution in [-0.2, 0) is 0 Å². The molecule has 9 aromatic rings. The van der Waals surface area contributed by atoms with Crippen molar-refractivity contribution in [3.8, 4) is 33.4 Å². The summed E-state index contributed by atoms with van der Waals surface area (Å²) in [5.74, 6) is 0. The predicted molar refractivity (Wildman–Crippen MR) is 200 cm³/mol. The Hall–Kier alpha value is -6.45. The lowest BCUT2D eigenvalue weighted by Crippen LogP contribution is -2.11. The molecule has 0 radical (unpaired) electrons. The molecule has 0 saturated heterocycles. The zero-order valence-electron chi connectivity index (χ0n) is 26.1. The van der Waals surface area contributed by atoms with E-state index < -0.39 is 0 Å². The molecule has 0 aliphatic rings. The molecule has 3 heteroatoms. The molecule has 0 bridgehead atoms. The van der Waals surface area contributed by atoms with Crippen molar-refractivity contribution in [1.82, 2.24) is 4.98 Å². The summed E-state index contributed by atoms with van der Waals surface area (Å²) in [5.41, 5.74) is 12.6. The third-order valence-electron chi connectivity index (χ3n) is 9.09. The maximum atomic E-state index is 6.42. The van der Waals surface area contributed by atoms with Gasteiger partial charge in [0.25, 0.3) is 0 Å². The van der Waals surface area contributed by atoms with Gasteiger partial charge >= 0.3 is 0 Å². The van der Waals surface area contributed by atoms with Crippen molar-refractivity contribution < 1.29 is 4.42 Å². The molecule has 0 N–H and O–H groups in total. The molecule has 9 rings (SSSR count). The SMILES string of the molecule is c1ccc(-c2ccc(-c3ccc(N(c4ccccc4-c4ccccc4)c4cccc5oc6nc7ccccc7cc6c45)cc3)cc2)cc1.